The second kappa shape index (κ2) is 5.41. The molecule has 2 unspecified atom stereocenters. The lowest BCUT2D eigenvalue weighted by Gasteiger charge is -2.37. The van der Waals surface area contributed by atoms with Crippen molar-refractivity contribution in [1.29, 1.82) is 0 Å². The molecule has 2 aliphatic rings. The van der Waals surface area contributed by atoms with Gasteiger partial charge in [-0.15, -0.1) is 0 Å². The number of benzene rings is 1. The molecule has 1 aromatic carbocycles. The van der Waals surface area contributed by atoms with Crippen LogP contribution in [-0.4, -0.2) is 27.4 Å². The number of hydrogen-bond donors (Lipinski definition) is 1. The third-order valence-corrected chi connectivity index (χ3v) is 4.66. The first-order valence-corrected chi connectivity index (χ1v) is 7.88. The van der Waals surface area contributed by atoms with Crippen molar-refractivity contribution >= 4 is 28.9 Å². The van der Waals surface area contributed by atoms with E-state index >= 15 is 0 Å². The van der Waals surface area contributed by atoms with Crippen LogP contribution in [0, 0.1) is 11.7 Å². The Morgan fingerprint density at radius 1 is 1.33 bits per heavy atom. The van der Waals surface area contributed by atoms with Gasteiger partial charge in [-0.25, -0.2) is 14.4 Å². The maximum atomic E-state index is 14.4. The highest BCUT2D eigenvalue weighted by Crippen LogP contribution is 2.41. The molecule has 0 spiro atoms. The summed E-state index contributed by atoms with van der Waals surface area (Å²) in [5, 5.41) is 13.9. The minimum Gasteiger partial charge on any atom is -0.276 e. The van der Waals surface area contributed by atoms with E-state index in [0.717, 1.165) is 10.6 Å². The van der Waals surface area contributed by atoms with Crippen LogP contribution < -0.4 is 10.0 Å². The Hall–Kier alpha value is -2.22. The van der Waals surface area contributed by atoms with Gasteiger partial charge in [0.15, 0.2) is 0 Å². The zero-order valence-electron chi connectivity index (χ0n) is 12.7. The van der Waals surface area contributed by atoms with Crippen LogP contribution >= 0.6 is 11.6 Å². The lowest BCUT2D eigenvalue weighted by Crippen LogP contribution is -2.49. The Morgan fingerprint density at radius 3 is 2.83 bits per heavy atom. The molecule has 1 amide bonds. The number of para-hydroxylation sites is 1. The van der Waals surface area contributed by atoms with E-state index in [1.807, 2.05) is 6.92 Å². The van der Waals surface area contributed by atoms with Gasteiger partial charge in [-0.3, -0.25) is 10.0 Å². The van der Waals surface area contributed by atoms with Gasteiger partial charge >= 0.3 is 0 Å². The Morgan fingerprint density at radius 2 is 2.12 bits per heavy atom. The van der Waals surface area contributed by atoms with Crippen LogP contribution in [0.4, 0.5) is 15.8 Å². The normalized spacial score (nSPS) is 23.4. The first-order valence-electron chi connectivity index (χ1n) is 7.50. The average molecular weight is 349 g/mol. The summed E-state index contributed by atoms with van der Waals surface area (Å²) in [5.41, 5.74) is 1.33. The maximum Gasteiger partial charge on any atom is 0.269 e. The van der Waals surface area contributed by atoms with Crippen molar-refractivity contribution in [3.05, 3.63) is 53.1 Å². The molecular formula is C16H14ClFN4O2. The summed E-state index contributed by atoms with van der Waals surface area (Å²) in [6.07, 6.45) is 1.94. The minimum absolute atomic E-state index is 0.0910. The number of fused-ring (bicyclic) bond motifs is 3. The van der Waals surface area contributed by atoms with Crippen molar-refractivity contribution < 1.29 is 14.4 Å². The van der Waals surface area contributed by atoms with Gasteiger partial charge in [0.1, 0.15) is 17.0 Å². The third kappa shape index (κ3) is 2.09. The quantitative estimate of drug-likeness (QED) is 0.803. The standard InChI is InChI=1S/C16H14ClFN4O2/c1-9-7-10-3-2-4-12(18)15(10)21-14(9)16(23)20(22(21)24)11-5-6-13(17)19-8-11/h2-6,8-9,14,24H,7H2,1H3. The number of hydrogen-bond acceptors (Lipinski definition) is 5. The second-order valence-corrected chi connectivity index (χ2v) is 6.36. The van der Waals surface area contributed by atoms with Crippen LogP contribution in [0.25, 0.3) is 0 Å². The number of anilines is 2. The smallest absolute Gasteiger partial charge is 0.269 e. The van der Waals surface area contributed by atoms with Crippen LogP contribution in [0.3, 0.4) is 0 Å². The van der Waals surface area contributed by atoms with Crippen molar-refractivity contribution in [1.82, 2.24) is 10.3 Å². The number of nitrogens with zero attached hydrogens (tertiary/aromatic N) is 4. The molecule has 2 atom stereocenters. The van der Waals surface area contributed by atoms with Crippen LogP contribution in [0.1, 0.15) is 12.5 Å². The molecule has 0 aliphatic carbocycles. The summed E-state index contributed by atoms with van der Waals surface area (Å²) < 4.78 is 14.4. The van der Waals surface area contributed by atoms with Crippen molar-refractivity contribution in [3.8, 4) is 0 Å². The molecule has 4 rings (SSSR count). The maximum absolute atomic E-state index is 14.4. The summed E-state index contributed by atoms with van der Waals surface area (Å²) >= 11 is 5.77. The Balaban J connectivity index is 1.83. The van der Waals surface area contributed by atoms with Crippen LogP contribution in [-0.2, 0) is 11.2 Å². The van der Waals surface area contributed by atoms with Gasteiger partial charge in [0.2, 0.25) is 0 Å². The molecule has 0 radical (unpaired) electrons. The van der Waals surface area contributed by atoms with Crippen LogP contribution in [0.5, 0.6) is 0 Å². The van der Waals surface area contributed by atoms with E-state index in [1.165, 1.54) is 23.3 Å². The number of halogens is 2. The summed E-state index contributed by atoms with van der Waals surface area (Å²) in [6, 6.07) is 7.15. The van der Waals surface area contributed by atoms with Crippen molar-refractivity contribution in [3.63, 3.8) is 0 Å². The molecule has 24 heavy (non-hydrogen) atoms. The number of carbonyl (C=O) groups excluding carboxylic acids is 1. The number of rotatable bonds is 1. The van der Waals surface area contributed by atoms with Crippen molar-refractivity contribution in [2.75, 3.05) is 10.0 Å². The number of aromatic nitrogens is 1. The number of hydrazine groups is 2. The molecule has 1 fully saturated rings. The van der Waals surface area contributed by atoms with Crippen LogP contribution in [0.2, 0.25) is 5.15 Å². The predicted octanol–water partition coefficient (Wildman–Crippen LogP) is 2.81. The van der Waals surface area contributed by atoms with Gasteiger partial charge in [0.05, 0.1) is 17.6 Å². The summed E-state index contributed by atoms with van der Waals surface area (Å²) in [7, 11) is 0. The Bertz CT molecular complexity index is 816. The number of pyridine rings is 1. The lowest BCUT2D eigenvalue weighted by atomic mass is 9.87. The zero-order chi connectivity index (χ0) is 17.0. The Kier molecular flexibility index (Phi) is 3.45. The molecule has 6 nitrogen and oxygen atoms in total. The summed E-state index contributed by atoms with van der Waals surface area (Å²) in [4.78, 5) is 16.8. The van der Waals surface area contributed by atoms with E-state index in [2.05, 4.69) is 4.98 Å². The van der Waals surface area contributed by atoms with E-state index in [-0.39, 0.29) is 22.7 Å². The highest BCUT2D eigenvalue weighted by atomic mass is 35.5. The topological polar surface area (TPSA) is 59.9 Å². The van der Waals surface area contributed by atoms with Crippen molar-refractivity contribution in [2.24, 2.45) is 5.92 Å². The largest absolute Gasteiger partial charge is 0.276 e. The highest BCUT2D eigenvalue weighted by molar-refractivity contribution is 6.29. The molecule has 2 aromatic rings. The fraction of sp³-hybridized carbons (Fsp3) is 0.250. The van der Waals surface area contributed by atoms with Gasteiger partial charge in [-0.2, -0.15) is 5.01 Å². The molecule has 124 valence electrons. The first-order chi connectivity index (χ1) is 11.5. The SMILES string of the molecule is CC1Cc2cccc(F)c2N2C1C(=O)N(c1ccc(Cl)nc1)N2O. The van der Waals surface area contributed by atoms with Gasteiger partial charge in [-0.05, 0) is 36.1 Å². The van der Waals surface area contributed by atoms with Gasteiger partial charge in [-0.1, -0.05) is 30.7 Å². The third-order valence-electron chi connectivity index (χ3n) is 4.43. The minimum atomic E-state index is -0.685. The van der Waals surface area contributed by atoms with Gasteiger partial charge in [0, 0.05) is 5.28 Å². The van der Waals surface area contributed by atoms with Crippen molar-refractivity contribution in [2.45, 2.75) is 19.4 Å². The second-order valence-electron chi connectivity index (χ2n) is 5.98. The molecule has 1 saturated heterocycles. The summed E-state index contributed by atoms with van der Waals surface area (Å²) in [5.74, 6) is -0.915. The predicted molar refractivity (Wildman–Crippen MR) is 85.9 cm³/mol. The van der Waals surface area contributed by atoms with Crippen LogP contribution in [0.15, 0.2) is 36.5 Å². The molecule has 8 heteroatoms. The Labute approximate surface area is 142 Å². The van der Waals surface area contributed by atoms with E-state index in [9.17, 15) is 14.4 Å². The number of amides is 1. The molecule has 3 heterocycles. The fourth-order valence-corrected chi connectivity index (χ4v) is 3.51. The molecule has 0 bridgehead atoms. The number of carbonyl (C=O) groups is 1. The highest BCUT2D eigenvalue weighted by Gasteiger charge is 2.52. The first kappa shape index (κ1) is 15.3. The molecule has 0 saturated carbocycles. The molecule has 2 aliphatic heterocycles. The van der Waals surface area contributed by atoms with Gasteiger partial charge in [0.25, 0.3) is 5.91 Å². The summed E-state index contributed by atoms with van der Waals surface area (Å²) in [6.45, 7) is 1.90. The monoisotopic (exact) mass is 348 g/mol. The fourth-order valence-electron chi connectivity index (χ4n) is 3.40. The molecular weight excluding hydrogens is 335 g/mol. The zero-order valence-corrected chi connectivity index (χ0v) is 13.5. The van der Waals surface area contributed by atoms with E-state index < -0.39 is 11.9 Å². The van der Waals surface area contributed by atoms with E-state index in [1.54, 1.807) is 18.2 Å². The van der Waals surface area contributed by atoms with E-state index in [4.69, 9.17) is 11.6 Å². The molecule has 1 N–H and O–H groups in total. The molecule has 1 aromatic heterocycles. The average Bonchev–Trinajstić information content (AvgIpc) is 2.81. The lowest BCUT2D eigenvalue weighted by molar-refractivity contribution is -0.127. The van der Waals surface area contributed by atoms with Gasteiger partial charge < -0.3 is 0 Å². The van der Waals surface area contributed by atoms with E-state index in [0.29, 0.717) is 17.4 Å².